The summed E-state index contributed by atoms with van der Waals surface area (Å²) in [4.78, 5) is 0. The van der Waals surface area contributed by atoms with E-state index in [4.69, 9.17) is 15.2 Å². The Hall–Kier alpha value is -1.11. The summed E-state index contributed by atoms with van der Waals surface area (Å²) < 4.78 is 12.1. The molecule has 6 nitrogen and oxygen atoms in total. The van der Waals surface area contributed by atoms with E-state index < -0.39 is 0 Å². The van der Waals surface area contributed by atoms with Crippen LogP contribution in [-0.4, -0.2) is 49.8 Å². The minimum Gasteiger partial charge on any atom is -0.383 e. The number of hydrogen-bond donors (Lipinski definition) is 2. The Bertz CT molecular complexity index is 317. The Kier molecular flexibility index (Phi) is 7.40. The molecule has 0 aliphatic carbocycles. The summed E-state index contributed by atoms with van der Waals surface area (Å²) in [5, 5.41) is 7.66. The van der Waals surface area contributed by atoms with Crippen LogP contribution in [0.3, 0.4) is 0 Å². The molecular formula is C12H24N4O2. The minimum absolute atomic E-state index is 0.277. The zero-order chi connectivity index (χ0) is 13.2. The number of anilines is 1. The molecule has 0 aromatic carbocycles. The van der Waals surface area contributed by atoms with Crippen LogP contribution in [0.1, 0.15) is 12.8 Å². The van der Waals surface area contributed by atoms with Crippen LogP contribution in [0, 0.1) is 0 Å². The van der Waals surface area contributed by atoms with E-state index in [1.165, 1.54) is 0 Å². The average Bonchev–Trinajstić information content (AvgIpc) is 2.81. The molecule has 1 aromatic heterocycles. The van der Waals surface area contributed by atoms with E-state index in [-0.39, 0.29) is 6.04 Å². The normalized spacial score (nSPS) is 12.6. The number of nitrogens with zero attached hydrogens (tertiary/aromatic N) is 2. The molecule has 3 N–H and O–H groups in total. The van der Waals surface area contributed by atoms with Crippen molar-refractivity contribution in [3.63, 3.8) is 0 Å². The van der Waals surface area contributed by atoms with Gasteiger partial charge in [0.2, 0.25) is 0 Å². The van der Waals surface area contributed by atoms with Crippen LogP contribution in [0.2, 0.25) is 0 Å². The van der Waals surface area contributed by atoms with Gasteiger partial charge in [-0.1, -0.05) is 0 Å². The number of aromatic nitrogens is 2. The highest BCUT2D eigenvalue weighted by Gasteiger charge is 2.09. The van der Waals surface area contributed by atoms with Gasteiger partial charge < -0.3 is 20.5 Å². The van der Waals surface area contributed by atoms with Gasteiger partial charge in [-0.05, 0) is 19.4 Å². The summed E-state index contributed by atoms with van der Waals surface area (Å²) in [6, 6.07) is 0.277. The minimum atomic E-state index is 0.277. The first-order valence-corrected chi connectivity index (χ1v) is 6.27. The summed E-state index contributed by atoms with van der Waals surface area (Å²) in [6.07, 6.45) is 5.78. The molecule has 0 aliphatic heterocycles. The first-order valence-electron chi connectivity index (χ1n) is 6.27. The summed E-state index contributed by atoms with van der Waals surface area (Å²) in [6.45, 7) is 2.80. The molecule has 0 bridgehead atoms. The molecule has 1 aromatic rings. The van der Waals surface area contributed by atoms with Crippen LogP contribution in [0.5, 0.6) is 0 Å². The predicted octanol–water partition coefficient (Wildman–Crippen LogP) is 0.695. The Morgan fingerprint density at radius 3 is 2.94 bits per heavy atom. The standard InChI is InChI=1S/C12H24N4O2/c1-17-7-6-16-9-12(8-14-16)15-11(10-18-2)4-3-5-13/h8-9,11,15H,3-7,10,13H2,1-2H3. The molecule has 18 heavy (non-hydrogen) atoms. The Morgan fingerprint density at radius 1 is 1.44 bits per heavy atom. The van der Waals surface area contributed by atoms with Gasteiger partial charge in [0, 0.05) is 26.5 Å². The first kappa shape index (κ1) is 14.9. The smallest absolute Gasteiger partial charge is 0.0729 e. The highest BCUT2D eigenvalue weighted by atomic mass is 16.5. The van der Waals surface area contributed by atoms with Crippen molar-refractivity contribution >= 4 is 5.69 Å². The summed E-state index contributed by atoms with van der Waals surface area (Å²) >= 11 is 0. The van der Waals surface area contributed by atoms with Gasteiger partial charge in [-0.2, -0.15) is 5.10 Å². The molecule has 0 fully saturated rings. The fourth-order valence-corrected chi connectivity index (χ4v) is 1.74. The van der Waals surface area contributed by atoms with Crippen molar-refractivity contribution in [2.75, 3.05) is 39.3 Å². The first-order chi connectivity index (χ1) is 8.80. The molecule has 1 rings (SSSR count). The molecule has 0 saturated heterocycles. The lowest BCUT2D eigenvalue weighted by molar-refractivity contribution is 0.182. The van der Waals surface area contributed by atoms with E-state index in [0.29, 0.717) is 19.8 Å². The van der Waals surface area contributed by atoms with Gasteiger partial charge >= 0.3 is 0 Å². The molecule has 0 amide bonds. The van der Waals surface area contributed by atoms with E-state index in [1.807, 2.05) is 17.1 Å². The van der Waals surface area contributed by atoms with E-state index in [0.717, 1.165) is 25.1 Å². The zero-order valence-corrected chi connectivity index (χ0v) is 11.3. The van der Waals surface area contributed by atoms with Crippen LogP contribution in [0.4, 0.5) is 5.69 Å². The lowest BCUT2D eigenvalue weighted by Gasteiger charge is -2.17. The van der Waals surface area contributed by atoms with Crippen molar-refractivity contribution < 1.29 is 9.47 Å². The van der Waals surface area contributed by atoms with Crippen LogP contribution in [0.25, 0.3) is 0 Å². The van der Waals surface area contributed by atoms with Crippen molar-refractivity contribution in [2.24, 2.45) is 5.73 Å². The van der Waals surface area contributed by atoms with Crippen molar-refractivity contribution in [3.8, 4) is 0 Å². The fraction of sp³-hybridized carbons (Fsp3) is 0.750. The van der Waals surface area contributed by atoms with Crippen molar-refractivity contribution in [1.29, 1.82) is 0 Å². The number of nitrogens with one attached hydrogen (secondary N) is 1. The SMILES string of the molecule is COCCn1cc(NC(CCCN)COC)cn1. The van der Waals surface area contributed by atoms with Gasteiger partial charge in [-0.25, -0.2) is 0 Å². The van der Waals surface area contributed by atoms with E-state index >= 15 is 0 Å². The average molecular weight is 256 g/mol. The van der Waals surface area contributed by atoms with Crippen LogP contribution < -0.4 is 11.1 Å². The third-order valence-electron chi connectivity index (χ3n) is 2.65. The van der Waals surface area contributed by atoms with Gasteiger partial charge in [-0.3, -0.25) is 4.68 Å². The molecule has 0 aliphatic rings. The maximum atomic E-state index is 5.53. The molecule has 0 saturated carbocycles. The largest absolute Gasteiger partial charge is 0.383 e. The molecule has 104 valence electrons. The second-order valence-corrected chi connectivity index (χ2v) is 4.21. The van der Waals surface area contributed by atoms with E-state index in [1.54, 1.807) is 14.2 Å². The lowest BCUT2D eigenvalue weighted by Crippen LogP contribution is -2.25. The van der Waals surface area contributed by atoms with Gasteiger partial charge in [0.05, 0.1) is 31.6 Å². The molecule has 1 atom stereocenters. The van der Waals surface area contributed by atoms with Gasteiger partial charge in [-0.15, -0.1) is 0 Å². The molecule has 1 unspecified atom stereocenters. The molecule has 0 radical (unpaired) electrons. The zero-order valence-electron chi connectivity index (χ0n) is 11.3. The predicted molar refractivity (Wildman–Crippen MR) is 71.7 cm³/mol. The monoisotopic (exact) mass is 256 g/mol. The number of hydrogen-bond acceptors (Lipinski definition) is 5. The van der Waals surface area contributed by atoms with Gasteiger partial charge in [0.25, 0.3) is 0 Å². The molecule has 0 spiro atoms. The fourth-order valence-electron chi connectivity index (χ4n) is 1.74. The Morgan fingerprint density at radius 2 is 2.28 bits per heavy atom. The summed E-state index contributed by atoms with van der Waals surface area (Å²) in [5.41, 5.74) is 6.53. The van der Waals surface area contributed by atoms with Crippen molar-refractivity contribution in [1.82, 2.24) is 9.78 Å². The van der Waals surface area contributed by atoms with Gasteiger partial charge in [0.15, 0.2) is 0 Å². The topological polar surface area (TPSA) is 74.3 Å². The maximum absolute atomic E-state index is 5.53. The third-order valence-corrected chi connectivity index (χ3v) is 2.65. The van der Waals surface area contributed by atoms with Gasteiger partial charge in [0.1, 0.15) is 0 Å². The number of nitrogens with two attached hydrogens (primary N) is 1. The number of rotatable bonds is 10. The summed E-state index contributed by atoms with van der Waals surface area (Å²) in [7, 11) is 3.39. The van der Waals surface area contributed by atoms with Crippen molar-refractivity contribution in [2.45, 2.75) is 25.4 Å². The Balaban J connectivity index is 2.43. The van der Waals surface area contributed by atoms with Crippen LogP contribution in [-0.2, 0) is 16.0 Å². The summed E-state index contributed by atoms with van der Waals surface area (Å²) in [5.74, 6) is 0. The molecule has 6 heteroatoms. The third kappa shape index (κ3) is 5.48. The highest BCUT2D eigenvalue weighted by Crippen LogP contribution is 2.10. The lowest BCUT2D eigenvalue weighted by atomic mass is 10.1. The second kappa shape index (κ2) is 8.91. The van der Waals surface area contributed by atoms with E-state index in [9.17, 15) is 0 Å². The van der Waals surface area contributed by atoms with Crippen LogP contribution >= 0.6 is 0 Å². The number of ether oxygens (including phenoxy) is 2. The molecular weight excluding hydrogens is 232 g/mol. The quantitative estimate of drug-likeness (QED) is 0.644. The van der Waals surface area contributed by atoms with Crippen LogP contribution in [0.15, 0.2) is 12.4 Å². The van der Waals surface area contributed by atoms with Crippen molar-refractivity contribution in [3.05, 3.63) is 12.4 Å². The maximum Gasteiger partial charge on any atom is 0.0729 e. The second-order valence-electron chi connectivity index (χ2n) is 4.21. The molecule has 1 heterocycles. The Labute approximate surface area is 108 Å². The highest BCUT2D eigenvalue weighted by molar-refractivity contribution is 5.39. The number of methoxy groups -OCH3 is 2. The van der Waals surface area contributed by atoms with E-state index in [2.05, 4.69) is 10.4 Å².